The summed E-state index contributed by atoms with van der Waals surface area (Å²) in [4.78, 5) is 0. The van der Waals surface area contributed by atoms with Gasteiger partial charge < -0.3 is 24.1 Å². The van der Waals surface area contributed by atoms with Gasteiger partial charge in [-0.05, 0) is 94.3 Å². The highest BCUT2D eigenvalue weighted by atomic mass is 16.7. The number of aliphatic hydroxyl groups is 1. The van der Waals surface area contributed by atoms with Crippen LogP contribution in [0.15, 0.2) is 0 Å². The molecule has 0 bridgehead atoms. The fraction of sp³-hybridized carbons (Fsp3) is 1.00. The molecule has 0 aromatic carbocycles. The average Bonchev–Trinajstić information content (AvgIpc) is 3.31. The first-order valence-corrected chi connectivity index (χ1v) is 13.0. The summed E-state index contributed by atoms with van der Waals surface area (Å²) in [7, 11) is 0. The van der Waals surface area contributed by atoms with Gasteiger partial charge in [-0.2, -0.15) is 0 Å². The highest BCUT2D eigenvalue weighted by molar-refractivity contribution is 5.15. The maximum atomic E-state index is 11.8. The largest absolute Gasteiger partial charge is 0.392 e. The van der Waals surface area contributed by atoms with Gasteiger partial charge in [0.1, 0.15) is 0 Å². The zero-order valence-electron chi connectivity index (χ0n) is 19.9. The quantitative estimate of drug-likeness (QED) is 0.608. The van der Waals surface area contributed by atoms with Crippen LogP contribution in [-0.4, -0.2) is 48.7 Å². The molecule has 6 fully saturated rings. The Kier molecular flexibility index (Phi) is 4.76. The summed E-state index contributed by atoms with van der Waals surface area (Å²) < 4.78 is 24.9. The number of aliphatic hydroxyl groups excluding tert-OH is 1. The van der Waals surface area contributed by atoms with Gasteiger partial charge in [0.2, 0.25) is 0 Å². The van der Waals surface area contributed by atoms with Crippen molar-refractivity contribution < 1.29 is 24.1 Å². The van der Waals surface area contributed by atoms with Gasteiger partial charge in [0, 0.05) is 18.3 Å². The molecule has 1 N–H and O–H groups in total. The molecule has 176 valence electrons. The minimum absolute atomic E-state index is 0.131. The molecule has 4 aliphatic carbocycles. The van der Waals surface area contributed by atoms with Crippen LogP contribution in [0, 0.1) is 40.4 Å². The van der Waals surface area contributed by atoms with Gasteiger partial charge in [0.25, 0.3) is 0 Å². The fourth-order valence-corrected chi connectivity index (χ4v) is 9.65. The summed E-state index contributed by atoms with van der Waals surface area (Å²) in [5.74, 6) is 2.02. The molecule has 2 spiro atoms. The highest BCUT2D eigenvalue weighted by Crippen LogP contribution is 2.69. The Morgan fingerprint density at radius 1 is 0.839 bits per heavy atom. The number of hydrogen-bond donors (Lipinski definition) is 1. The number of hydrogen-bond acceptors (Lipinski definition) is 5. The molecule has 5 nitrogen and oxygen atoms in total. The van der Waals surface area contributed by atoms with Crippen molar-refractivity contribution in [2.45, 2.75) is 103 Å². The van der Waals surface area contributed by atoms with Gasteiger partial charge in [0.05, 0.1) is 32.0 Å². The molecule has 6 aliphatic rings. The molecule has 2 heterocycles. The van der Waals surface area contributed by atoms with Crippen molar-refractivity contribution in [1.29, 1.82) is 0 Å². The van der Waals surface area contributed by atoms with Crippen molar-refractivity contribution in [1.82, 2.24) is 0 Å². The molecule has 0 aromatic heterocycles. The van der Waals surface area contributed by atoms with Gasteiger partial charge in [-0.15, -0.1) is 0 Å². The molecular weight excluding hydrogens is 392 g/mol. The van der Waals surface area contributed by atoms with Crippen LogP contribution in [0.25, 0.3) is 0 Å². The first-order chi connectivity index (χ1) is 14.7. The first kappa shape index (κ1) is 21.3. The maximum Gasteiger partial charge on any atom is 0.168 e. The standard InChI is InChI=1S/C26H42O5/c1-16-19-7-8-20-18-6-5-17-14-25(28-11-12-29-25)10-9-24(17,4)21(18)13-22(27)26(19,20)15-30-23(2,3)31-16/h16-22,27H,5-15H2,1-4H3. The predicted octanol–water partition coefficient (Wildman–Crippen LogP) is 4.51. The van der Waals surface area contributed by atoms with E-state index in [9.17, 15) is 5.11 Å². The molecule has 31 heavy (non-hydrogen) atoms. The van der Waals surface area contributed by atoms with Gasteiger partial charge in [-0.1, -0.05) is 6.92 Å². The van der Waals surface area contributed by atoms with E-state index in [2.05, 4.69) is 13.8 Å². The van der Waals surface area contributed by atoms with E-state index in [-0.39, 0.29) is 28.8 Å². The second-order valence-electron chi connectivity index (χ2n) is 12.5. The molecule has 9 unspecified atom stereocenters. The lowest BCUT2D eigenvalue weighted by Gasteiger charge is -2.63. The highest BCUT2D eigenvalue weighted by Gasteiger charge is 2.68. The summed E-state index contributed by atoms with van der Waals surface area (Å²) >= 11 is 0. The van der Waals surface area contributed by atoms with Gasteiger partial charge >= 0.3 is 0 Å². The van der Waals surface area contributed by atoms with Crippen LogP contribution >= 0.6 is 0 Å². The normalized spacial score (nSPS) is 55.1. The van der Waals surface area contributed by atoms with E-state index in [1.807, 2.05) is 13.8 Å². The third-order valence-corrected chi connectivity index (χ3v) is 11.1. The van der Waals surface area contributed by atoms with E-state index >= 15 is 0 Å². The summed E-state index contributed by atoms with van der Waals surface area (Å²) in [6, 6.07) is 0. The molecule has 2 saturated heterocycles. The van der Waals surface area contributed by atoms with E-state index in [1.54, 1.807) is 0 Å². The molecule has 9 atom stereocenters. The van der Waals surface area contributed by atoms with Crippen LogP contribution in [0.4, 0.5) is 0 Å². The molecule has 0 aromatic rings. The Bertz CT molecular complexity index is 717. The topological polar surface area (TPSA) is 57.2 Å². The smallest absolute Gasteiger partial charge is 0.168 e. The minimum atomic E-state index is -0.567. The first-order valence-electron chi connectivity index (χ1n) is 13.0. The molecule has 2 aliphatic heterocycles. The zero-order valence-corrected chi connectivity index (χ0v) is 19.9. The van der Waals surface area contributed by atoms with Crippen LogP contribution in [0.3, 0.4) is 0 Å². The van der Waals surface area contributed by atoms with E-state index < -0.39 is 5.79 Å². The van der Waals surface area contributed by atoms with Crippen LogP contribution in [-0.2, 0) is 18.9 Å². The van der Waals surface area contributed by atoms with Crippen molar-refractivity contribution in [2.24, 2.45) is 40.4 Å². The van der Waals surface area contributed by atoms with E-state index in [4.69, 9.17) is 18.9 Å². The van der Waals surface area contributed by atoms with Gasteiger partial charge in [0.15, 0.2) is 11.6 Å². The van der Waals surface area contributed by atoms with Crippen LogP contribution < -0.4 is 0 Å². The third kappa shape index (κ3) is 2.92. The Hall–Kier alpha value is -0.200. The second kappa shape index (κ2) is 6.91. The molecular formula is C26H42O5. The van der Waals surface area contributed by atoms with Crippen LogP contribution in [0.1, 0.15) is 79.1 Å². The van der Waals surface area contributed by atoms with E-state index in [0.717, 1.165) is 45.3 Å². The van der Waals surface area contributed by atoms with Crippen molar-refractivity contribution in [2.75, 3.05) is 19.8 Å². The van der Waals surface area contributed by atoms with Crippen LogP contribution in [0.2, 0.25) is 0 Å². The maximum absolute atomic E-state index is 11.8. The lowest BCUT2D eigenvalue weighted by molar-refractivity contribution is -0.247. The molecule has 6 rings (SSSR count). The predicted molar refractivity (Wildman–Crippen MR) is 116 cm³/mol. The lowest BCUT2D eigenvalue weighted by atomic mass is 9.43. The van der Waals surface area contributed by atoms with Crippen molar-refractivity contribution >= 4 is 0 Å². The van der Waals surface area contributed by atoms with E-state index in [0.29, 0.717) is 36.2 Å². The second-order valence-corrected chi connectivity index (χ2v) is 12.5. The number of rotatable bonds is 0. The number of ether oxygens (including phenoxy) is 4. The Labute approximate surface area is 187 Å². The molecule has 4 saturated carbocycles. The Morgan fingerprint density at radius 3 is 2.35 bits per heavy atom. The Morgan fingerprint density at radius 2 is 1.58 bits per heavy atom. The van der Waals surface area contributed by atoms with Crippen molar-refractivity contribution in [3.8, 4) is 0 Å². The summed E-state index contributed by atoms with van der Waals surface area (Å²) in [6.07, 6.45) is 8.93. The number of fused-ring (bicyclic) bond motifs is 4. The van der Waals surface area contributed by atoms with Crippen molar-refractivity contribution in [3.63, 3.8) is 0 Å². The average molecular weight is 435 g/mol. The summed E-state index contributed by atoms with van der Waals surface area (Å²) in [5.41, 5.74) is 0.155. The zero-order chi connectivity index (χ0) is 21.6. The Balaban J connectivity index is 1.31. The fourth-order valence-electron chi connectivity index (χ4n) is 9.65. The SMILES string of the molecule is CC1OC(C)(C)OCC23C(O)CC4C(CCC5CC6(CCC54C)OCCO6)C2CCC13. The van der Waals surface area contributed by atoms with Gasteiger partial charge in [-0.25, -0.2) is 0 Å². The summed E-state index contributed by atoms with van der Waals surface area (Å²) in [6.45, 7) is 11.0. The molecule has 0 radical (unpaired) electrons. The summed E-state index contributed by atoms with van der Waals surface area (Å²) in [5, 5.41) is 11.8. The minimum Gasteiger partial charge on any atom is -0.392 e. The van der Waals surface area contributed by atoms with Gasteiger partial charge in [-0.3, -0.25) is 0 Å². The third-order valence-electron chi connectivity index (χ3n) is 11.1. The molecule has 0 amide bonds. The monoisotopic (exact) mass is 434 g/mol. The van der Waals surface area contributed by atoms with Crippen LogP contribution in [0.5, 0.6) is 0 Å². The molecule has 5 heteroatoms. The van der Waals surface area contributed by atoms with E-state index in [1.165, 1.54) is 19.3 Å². The lowest BCUT2D eigenvalue weighted by Crippen LogP contribution is -2.62. The van der Waals surface area contributed by atoms with Crippen molar-refractivity contribution in [3.05, 3.63) is 0 Å².